The normalized spacial score (nSPS) is 24.4. The molecule has 2 amide bonds. The van der Waals surface area contributed by atoms with Crippen molar-refractivity contribution >= 4 is 25.8 Å². The molecule has 1 radical (unpaired) electrons. The zero-order valence-corrected chi connectivity index (χ0v) is 15.8. The molecule has 0 aromatic heterocycles. The van der Waals surface area contributed by atoms with E-state index >= 15 is 0 Å². The van der Waals surface area contributed by atoms with Crippen LogP contribution in [-0.2, 0) is 37.2 Å². The summed E-state index contributed by atoms with van der Waals surface area (Å²) in [7, 11) is -2.87. The minimum Gasteiger partial charge on any atom is -0.469 e. The minimum atomic E-state index is -4.11. The van der Waals surface area contributed by atoms with Gasteiger partial charge in [0.25, 0.3) is 0 Å². The van der Waals surface area contributed by atoms with Crippen molar-refractivity contribution in [2.75, 3.05) is 33.6 Å². The van der Waals surface area contributed by atoms with Gasteiger partial charge in [0.05, 0.1) is 20.1 Å². The molecular weight excluding hydrogens is 371 g/mol. The van der Waals surface area contributed by atoms with E-state index in [4.69, 9.17) is 13.6 Å². The third-order valence-corrected chi connectivity index (χ3v) is 4.64. The van der Waals surface area contributed by atoms with E-state index in [1.54, 1.807) is 13.8 Å². The van der Waals surface area contributed by atoms with Crippen molar-refractivity contribution in [3.8, 4) is 0 Å². The number of ether oxygens (including phenoxy) is 2. The number of alkyl carbamates (subject to hydrolysis) is 1. The number of amides is 2. The van der Waals surface area contributed by atoms with Crippen LogP contribution in [0.3, 0.4) is 0 Å². The molecule has 2 atom stereocenters. The summed E-state index contributed by atoms with van der Waals surface area (Å²) in [4.78, 5) is 34.5. The van der Waals surface area contributed by atoms with Gasteiger partial charge in [-0.25, -0.2) is 13.9 Å². The van der Waals surface area contributed by atoms with Gasteiger partial charge >= 0.3 is 19.9 Å². The van der Waals surface area contributed by atoms with E-state index in [0.29, 0.717) is 0 Å². The molecule has 0 unspecified atom stereocenters. The number of rotatable bonds is 8. The van der Waals surface area contributed by atoms with Crippen LogP contribution >= 0.6 is 7.82 Å². The Bertz CT molecular complexity index is 567. The summed E-state index contributed by atoms with van der Waals surface area (Å²) in [5, 5.41) is 4.75. The minimum absolute atomic E-state index is 0.0186. The second-order valence-corrected chi connectivity index (χ2v) is 7.54. The second kappa shape index (κ2) is 9.86. The number of nitrogens with one attached hydrogen (secondary N) is 2. The zero-order chi connectivity index (χ0) is 19.8. The number of phosphoric acid groups is 1. The lowest BCUT2D eigenvalue weighted by Crippen LogP contribution is -2.50. The molecule has 0 aromatic rings. The van der Waals surface area contributed by atoms with Gasteiger partial charge in [-0.2, -0.15) is 0 Å². The van der Waals surface area contributed by atoms with Crippen LogP contribution in [0.15, 0.2) is 0 Å². The summed E-state index contributed by atoms with van der Waals surface area (Å²) in [6, 6.07) is 0. The molecule has 0 saturated carbocycles. The van der Waals surface area contributed by atoms with E-state index < -0.39 is 44.1 Å². The molecule has 0 aromatic carbocycles. The van der Waals surface area contributed by atoms with E-state index in [1.165, 1.54) is 7.11 Å². The molecule has 1 saturated heterocycles. The molecule has 1 rings (SSSR count). The molecule has 0 spiro atoms. The summed E-state index contributed by atoms with van der Waals surface area (Å²) in [5.41, 5.74) is -0.807. The number of methoxy groups -OCH3 is 1. The number of carbonyl (C=O) groups excluding carboxylic acids is 3. The number of esters is 1. The molecule has 1 aliphatic rings. The highest BCUT2D eigenvalue weighted by Crippen LogP contribution is 2.57. The fourth-order valence-corrected chi connectivity index (χ4v) is 3.38. The summed E-state index contributed by atoms with van der Waals surface area (Å²) in [5.74, 6) is -1.06. The SMILES string of the molecule is [CH2]CNC(=O)OCO[P@@]1(=O)OCC(C)(C)[C@H](C(=O)NCCC(=O)OC)O1. The molecule has 1 aliphatic heterocycles. The Morgan fingerprint density at radius 3 is 2.62 bits per heavy atom. The predicted octanol–water partition coefficient (Wildman–Crippen LogP) is 0.750. The molecule has 12 heteroatoms. The predicted molar refractivity (Wildman–Crippen MR) is 87.6 cm³/mol. The number of carbonyl (C=O) groups is 3. The van der Waals surface area contributed by atoms with Crippen LogP contribution in [0.2, 0.25) is 0 Å². The van der Waals surface area contributed by atoms with Crippen molar-refractivity contribution in [2.45, 2.75) is 26.4 Å². The first-order valence-electron chi connectivity index (χ1n) is 7.75. The Morgan fingerprint density at radius 1 is 1.31 bits per heavy atom. The second-order valence-electron chi connectivity index (χ2n) is 5.92. The Hall–Kier alpha value is -1.68. The summed E-state index contributed by atoms with van der Waals surface area (Å²) in [6.07, 6.45) is -2.00. The van der Waals surface area contributed by atoms with Gasteiger partial charge in [-0.3, -0.25) is 18.6 Å². The van der Waals surface area contributed by atoms with Crippen molar-refractivity contribution in [3.05, 3.63) is 6.92 Å². The summed E-state index contributed by atoms with van der Waals surface area (Å²) < 4.78 is 36.7. The first-order chi connectivity index (χ1) is 12.1. The Balaban J connectivity index is 2.60. The van der Waals surface area contributed by atoms with Crippen LogP contribution in [0.4, 0.5) is 4.79 Å². The van der Waals surface area contributed by atoms with Gasteiger partial charge in [0.2, 0.25) is 12.7 Å². The lowest BCUT2D eigenvalue weighted by atomic mass is 9.87. The topological polar surface area (TPSA) is 138 Å². The summed E-state index contributed by atoms with van der Waals surface area (Å²) >= 11 is 0. The molecule has 149 valence electrons. The van der Waals surface area contributed by atoms with Gasteiger partial charge in [-0.1, -0.05) is 13.8 Å². The Kier molecular flexibility index (Phi) is 8.48. The van der Waals surface area contributed by atoms with Crippen LogP contribution in [-0.4, -0.2) is 57.7 Å². The van der Waals surface area contributed by atoms with Crippen LogP contribution in [0.25, 0.3) is 0 Å². The molecule has 11 nitrogen and oxygen atoms in total. The van der Waals surface area contributed by atoms with E-state index in [2.05, 4.69) is 27.0 Å². The van der Waals surface area contributed by atoms with Gasteiger partial charge in [-0.05, 0) is 6.92 Å². The lowest BCUT2D eigenvalue weighted by Gasteiger charge is -2.39. The average molecular weight is 395 g/mol. The van der Waals surface area contributed by atoms with Gasteiger partial charge < -0.3 is 20.1 Å². The number of hydrogen-bond donors (Lipinski definition) is 2. The van der Waals surface area contributed by atoms with Crippen LogP contribution in [0.5, 0.6) is 0 Å². The van der Waals surface area contributed by atoms with Gasteiger partial charge in [0, 0.05) is 18.5 Å². The van der Waals surface area contributed by atoms with Crippen LogP contribution in [0, 0.1) is 12.3 Å². The molecule has 26 heavy (non-hydrogen) atoms. The lowest BCUT2D eigenvalue weighted by molar-refractivity contribution is -0.144. The summed E-state index contributed by atoms with van der Waals surface area (Å²) in [6.45, 7) is 6.10. The standard InChI is InChI=1S/C14H24N2O9P/c1-5-15-13(19)22-9-24-26(20)23-8-14(2,3)11(25-26)12(18)16-7-6-10(17)21-4/h11H,1,5-9H2,2-4H3,(H,15,19)(H,16,18)/t11-,26+/m0/s1. The Labute approximate surface area is 151 Å². The Morgan fingerprint density at radius 2 is 2.00 bits per heavy atom. The first kappa shape index (κ1) is 22.4. The molecule has 0 aliphatic carbocycles. The largest absolute Gasteiger partial charge is 0.478 e. The highest BCUT2D eigenvalue weighted by molar-refractivity contribution is 7.48. The fraction of sp³-hybridized carbons (Fsp3) is 0.714. The fourth-order valence-electron chi connectivity index (χ4n) is 1.87. The van der Waals surface area contributed by atoms with Crippen molar-refractivity contribution < 1.29 is 42.0 Å². The van der Waals surface area contributed by atoms with E-state index in [1.807, 2.05) is 0 Å². The van der Waals surface area contributed by atoms with Gasteiger partial charge in [-0.15, -0.1) is 0 Å². The van der Waals surface area contributed by atoms with Gasteiger partial charge in [0.1, 0.15) is 0 Å². The monoisotopic (exact) mass is 395 g/mol. The maximum atomic E-state index is 12.5. The highest BCUT2D eigenvalue weighted by atomic mass is 31.2. The van der Waals surface area contributed by atoms with E-state index in [9.17, 15) is 18.9 Å². The van der Waals surface area contributed by atoms with Crippen LogP contribution in [0.1, 0.15) is 20.3 Å². The smallest absolute Gasteiger partial charge is 0.469 e. The highest BCUT2D eigenvalue weighted by Gasteiger charge is 2.49. The van der Waals surface area contributed by atoms with Gasteiger partial charge in [0.15, 0.2) is 6.10 Å². The molecule has 1 fully saturated rings. The molecule has 2 N–H and O–H groups in total. The maximum absolute atomic E-state index is 12.5. The molecular formula is C14H24N2O9P. The average Bonchev–Trinajstić information content (AvgIpc) is 2.57. The third-order valence-electron chi connectivity index (χ3n) is 3.30. The maximum Gasteiger partial charge on any atom is 0.478 e. The van der Waals surface area contributed by atoms with Crippen molar-refractivity contribution in [1.29, 1.82) is 0 Å². The van der Waals surface area contributed by atoms with Crippen molar-refractivity contribution in [1.82, 2.24) is 10.6 Å². The van der Waals surface area contributed by atoms with Crippen molar-refractivity contribution in [3.63, 3.8) is 0 Å². The molecule has 0 bridgehead atoms. The van der Waals surface area contributed by atoms with Crippen molar-refractivity contribution in [2.24, 2.45) is 5.41 Å². The van der Waals surface area contributed by atoms with E-state index in [-0.39, 0.29) is 26.1 Å². The zero-order valence-electron chi connectivity index (χ0n) is 14.9. The van der Waals surface area contributed by atoms with Crippen LogP contribution < -0.4 is 10.6 Å². The number of phosphoric ester groups is 1. The first-order valence-corrected chi connectivity index (χ1v) is 9.21. The molecule has 1 heterocycles. The third kappa shape index (κ3) is 6.91. The number of hydrogen-bond acceptors (Lipinski definition) is 9. The quantitative estimate of drug-likeness (QED) is 0.346. The van der Waals surface area contributed by atoms with E-state index in [0.717, 1.165) is 0 Å².